The van der Waals surface area contributed by atoms with Crippen LogP contribution in [-0.4, -0.2) is 45.9 Å². The van der Waals surface area contributed by atoms with Crippen LogP contribution in [0.2, 0.25) is 0 Å². The number of hydrogen-bond acceptors (Lipinski definition) is 8. The molecule has 1 atom stereocenters. The minimum absolute atomic E-state index is 0.147. The van der Waals surface area contributed by atoms with Crippen molar-refractivity contribution in [1.29, 1.82) is 0 Å². The second-order valence-electron chi connectivity index (χ2n) is 6.11. The van der Waals surface area contributed by atoms with Crippen molar-refractivity contribution in [3.63, 3.8) is 0 Å². The first kappa shape index (κ1) is 17.3. The molecule has 0 N–H and O–H groups in total. The Kier molecular flexibility index (Phi) is 4.79. The van der Waals surface area contributed by atoms with Gasteiger partial charge in [0.25, 0.3) is 10.0 Å². The monoisotopic (exact) mass is 391 g/mol. The minimum atomic E-state index is -3.41. The van der Waals surface area contributed by atoms with Crippen LogP contribution in [0.15, 0.2) is 44.8 Å². The summed E-state index contributed by atoms with van der Waals surface area (Å²) >= 11 is 1.25. The maximum atomic E-state index is 12.7. The Labute approximate surface area is 155 Å². The molecular weight excluding hydrogens is 374 g/mol. The van der Waals surface area contributed by atoms with Gasteiger partial charge in [0.2, 0.25) is 11.7 Å². The van der Waals surface area contributed by atoms with Crippen molar-refractivity contribution in [2.45, 2.75) is 23.5 Å². The average molecular weight is 391 g/mol. The number of aromatic nitrogens is 4. The van der Waals surface area contributed by atoms with E-state index in [1.807, 2.05) is 0 Å². The van der Waals surface area contributed by atoms with E-state index >= 15 is 0 Å². The maximum Gasteiger partial charge on any atom is 0.252 e. The Morgan fingerprint density at radius 1 is 1.35 bits per heavy atom. The third-order valence-electron chi connectivity index (χ3n) is 4.29. The summed E-state index contributed by atoms with van der Waals surface area (Å²) in [6.45, 7) is 1.01. The van der Waals surface area contributed by atoms with E-state index in [1.54, 1.807) is 40.4 Å². The molecule has 0 amide bonds. The number of hydrogen-bond donors (Lipinski definition) is 0. The molecule has 1 saturated heterocycles. The largest absolute Gasteiger partial charge is 0.339 e. The highest BCUT2D eigenvalue weighted by atomic mass is 32.2. The third kappa shape index (κ3) is 3.53. The molecule has 1 aliphatic heterocycles. The van der Waals surface area contributed by atoms with E-state index in [0.29, 0.717) is 41.1 Å². The van der Waals surface area contributed by atoms with E-state index in [1.165, 1.54) is 11.3 Å². The highest BCUT2D eigenvalue weighted by molar-refractivity contribution is 7.91. The summed E-state index contributed by atoms with van der Waals surface area (Å²) in [6.07, 6.45) is 7.02. The van der Waals surface area contributed by atoms with E-state index in [0.717, 1.165) is 12.8 Å². The van der Waals surface area contributed by atoms with Crippen LogP contribution in [0.5, 0.6) is 0 Å². The van der Waals surface area contributed by atoms with E-state index in [2.05, 4.69) is 20.1 Å². The van der Waals surface area contributed by atoms with E-state index in [9.17, 15) is 8.42 Å². The summed E-state index contributed by atoms with van der Waals surface area (Å²) in [7, 11) is -3.41. The summed E-state index contributed by atoms with van der Waals surface area (Å²) in [5, 5.41) is 5.72. The molecule has 0 radical (unpaired) electrons. The number of sulfonamides is 1. The first-order valence-electron chi connectivity index (χ1n) is 8.25. The lowest BCUT2D eigenvalue weighted by atomic mass is 9.96. The van der Waals surface area contributed by atoms with Crippen molar-refractivity contribution in [2.24, 2.45) is 5.92 Å². The fourth-order valence-corrected chi connectivity index (χ4v) is 5.75. The van der Waals surface area contributed by atoms with Gasteiger partial charge in [-0.2, -0.15) is 9.29 Å². The van der Waals surface area contributed by atoms with Crippen molar-refractivity contribution in [2.75, 3.05) is 13.1 Å². The van der Waals surface area contributed by atoms with E-state index in [4.69, 9.17) is 4.52 Å². The Balaban J connectivity index is 1.45. The molecule has 8 nitrogen and oxygen atoms in total. The van der Waals surface area contributed by atoms with Gasteiger partial charge in [0, 0.05) is 31.9 Å². The van der Waals surface area contributed by atoms with Crippen LogP contribution >= 0.6 is 11.3 Å². The molecule has 0 saturated carbocycles. The Hall–Kier alpha value is -2.17. The second kappa shape index (κ2) is 7.22. The molecule has 3 aromatic heterocycles. The van der Waals surface area contributed by atoms with E-state index in [-0.39, 0.29) is 5.92 Å². The molecule has 0 spiro atoms. The average Bonchev–Trinajstić information content (AvgIpc) is 3.35. The zero-order chi connectivity index (χ0) is 18.0. The van der Waals surface area contributed by atoms with Crippen LogP contribution in [-0.2, 0) is 16.4 Å². The smallest absolute Gasteiger partial charge is 0.252 e. The van der Waals surface area contributed by atoms with Gasteiger partial charge in [-0.05, 0) is 30.2 Å². The molecular formula is C16H17N5O3S2. The predicted molar refractivity (Wildman–Crippen MR) is 94.8 cm³/mol. The van der Waals surface area contributed by atoms with Crippen LogP contribution in [0.3, 0.4) is 0 Å². The van der Waals surface area contributed by atoms with Gasteiger partial charge in [-0.3, -0.25) is 4.98 Å². The molecule has 136 valence electrons. The zero-order valence-electron chi connectivity index (χ0n) is 13.9. The van der Waals surface area contributed by atoms with Gasteiger partial charge in [-0.1, -0.05) is 11.2 Å². The summed E-state index contributed by atoms with van der Waals surface area (Å²) < 4.78 is 32.7. The Bertz CT molecular complexity index is 957. The summed E-state index contributed by atoms with van der Waals surface area (Å²) in [6, 6.07) is 3.40. The second-order valence-corrected chi connectivity index (χ2v) is 9.22. The quantitative estimate of drug-likeness (QED) is 0.657. The molecule has 4 rings (SSSR count). The van der Waals surface area contributed by atoms with Crippen LogP contribution < -0.4 is 0 Å². The molecule has 0 unspecified atom stereocenters. The highest BCUT2D eigenvalue weighted by Gasteiger charge is 2.31. The van der Waals surface area contributed by atoms with Crippen LogP contribution in [0.25, 0.3) is 11.5 Å². The van der Waals surface area contributed by atoms with Gasteiger partial charge < -0.3 is 4.52 Å². The van der Waals surface area contributed by atoms with Gasteiger partial charge in [-0.15, -0.1) is 11.3 Å². The Morgan fingerprint density at radius 2 is 2.27 bits per heavy atom. The fraction of sp³-hybridized carbons (Fsp3) is 0.375. The standard InChI is InChI=1S/C16H17N5O3S2/c22-26(23,15-4-2-8-25-15)21-7-1-3-12(11-21)9-14-19-16(20-24-14)13-10-17-5-6-18-13/h2,4-6,8,10,12H,1,3,7,9,11H2/t12-/m0/s1. The number of rotatable bonds is 5. The molecule has 3 aromatic rings. The van der Waals surface area contributed by atoms with Crippen molar-refractivity contribution >= 4 is 21.4 Å². The number of piperidine rings is 1. The minimum Gasteiger partial charge on any atom is -0.339 e. The van der Waals surface area contributed by atoms with Crippen LogP contribution in [0.1, 0.15) is 18.7 Å². The lowest BCUT2D eigenvalue weighted by Gasteiger charge is -2.30. The van der Waals surface area contributed by atoms with Crippen LogP contribution in [0.4, 0.5) is 0 Å². The lowest BCUT2D eigenvalue weighted by molar-refractivity contribution is 0.247. The van der Waals surface area contributed by atoms with Crippen molar-refractivity contribution in [1.82, 2.24) is 24.4 Å². The molecule has 1 aliphatic rings. The molecule has 26 heavy (non-hydrogen) atoms. The molecule has 10 heteroatoms. The maximum absolute atomic E-state index is 12.7. The molecule has 1 fully saturated rings. The molecule has 0 aromatic carbocycles. The highest BCUT2D eigenvalue weighted by Crippen LogP contribution is 2.28. The van der Waals surface area contributed by atoms with Gasteiger partial charge >= 0.3 is 0 Å². The predicted octanol–water partition coefficient (Wildman–Crippen LogP) is 2.23. The first-order chi connectivity index (χ1) is 12.6. The van der Waals surface area contributed by atoms with Crippen LogP contribution in [0, 0.1) is 5.92 Å². The molecule has 0 bridgehead atoms. The van der Waals surface area contributed by atoms with Gasteiger partial charge in [0.15, 0.2) is 0 Å². The van der Waals surface area contributed by atoms with Gasteiger partial charge in [-0.25, -0.2) is 13.4 Å². The summed E-state index contributed by atoms with van der Waals surface area (Å²) in [4.78, 5) is 12.5. The SMILES string of the molecule is O=S(=O)(c1cccs1)N1CCC[C@@H](Cc2nc(-c3cnccn3)no2)C1. The molecule has 4 heterocycles. The summed E-state index contributed by atoms with van der Waals surface area (Å²) in [5.41, 5.74) is 0.549. The zero-order valence-corrected chi connectivity index (χ0v) is 15.5. The lowest BCUT2D eigenvalue weighted by Crippen LogP contribution is -2.40. The number of thiophene rings is 1. The van der Waals surface area contributed by atoms with E-state index < -0.39 is 10.0 Å². The normalized spacial score (nSPS) is 18.8. The first-order valence-corrected chi connectivity index (χ1v) is 10.6. The van der Waals surface area contributed by atoms with Gasteiger partial charge in [0.05, 0.1) is 6.20 Å². The Morgan fingerprint density at radius 3 is 3.04 bits per heavy atom. The third-order valence-corrected chi connectivity index (χ3v) is 7.53. The molecule has 0 aliphatic carbocycles. The number of nitrogens with zero attached hydrogens (tertiary/aromatic N) is 5. The van der Waals surface area contributed by atoms with Crippen molar-refractivity contribution < 1.29 is 12.9 Å². The van der Waals surface area contributed by atoms with Gasteiger partial charge in [0.1, 0.15) is 9.90 Å². The van der Waals surface area contributed by atoms with Crippen molar-refractivity contribution in [3.8, 4) is 11.5 Å². The topological polar surface area (TPSA) is 102 Å². The summed E-state index contributed by atoms with van der Waals surface area (Å²) in [5.74, 6) is 1.03. The van der Waals surface area contributed by atoms with Crippen molar-refractivity contribution in [3.05, 3.63) is 42.0 Å². The fourth-order valence-electron chi connectivity index (χ4n) is 3.05.